The Balaban J connectivity index is 0.00000289. The fraction of sp³-hybridized carbons (Fsp3) is 0.480. The lowest BCUT2D eigenvalue weighted by Gasteiger charge is -2.35. The lowest BCUT2D eigenvalue weighted by molar-refractivity contribution is -0.132. The average Bonchev–Trinajstić information content (AvgIpc) is 2.80. The topological polar surface area (TPSA) is 44.8 Å². The molecule has 0 saturated carbocycles. The zero-order valence-electron chi connectivity index (χ0n) is 19.6. The van der Waals surface area contributed by atoms with Gasteiger partial charge in [-0.15, -0.1) is 24.8 Å². The van der Waals surface area contributed by atoms with Gasteiger partial charge in [0.2, 0.25) is 5.91 Å². The number of hydrogen-bond donors (Lipinski definition) is 1. The summed E-state index contributed by atoms with van der Waals surface area (Å²) in [5, 5.41) is 2.65. The van der Waals surface area contributed by atoms with Crippen LogP contribution < -0.4 is 10.1 Å². The van der Waals surface area contributed by atoms with E-state index in [2.05, 4.69) is 22.3 Å². The summed E-state index contributed by atoms with van der Waals surface area (Å²) in [7, 11) is 0. The molecule has 0 bridgehead atoms. The van der Waals surface area contributed by atoms with Gasteiger partial charge in [-0.1, -0.05) is 55.8 Å². The molecule has 0 radical (unpaired) electrons. The van der Waals surface area contributed by atoms with Crippen molar-refractivity contribution in [3.63, 3.8) is 0 Å². The number of halogens is 4. The number of ether oxygens (including phenoxy) is 1. The third-order valence-corrected chi connectivity index (χ3v) is 5.62. The minimum Gasteiger partial charge on any atom is -0.494 e. The standard InChI is InChI=1S/C25H33F2N3O2.2ClH/c1-2-3-16-32-23-11-7-10-22(17-23)25(26,27)20-28-18-24(31)30-14-12-29(13-15-30)19-21-8-5-4-6-9-21;;/h4-11,17,28H,2-3,12-16,18-20H2,1H3;2*1H. The summed E-state index contributed by atoms with van der Waals surface area (Å²) in [4.78, 5) is 16.5. The van der Waals surface area contributed by atoms with E-state index in [1.165, 1.54) is 17.7 Å². The van der Waals surface area contributed by atoms with Gasteiger partial charge in [0.05, 0.1) is 19.7 Å². The molecule has 1 fully saturated rings. The van der Waals surface area contributed by atoms with E-state index in [9.17, 15) is 13.6 Å². The predicted octanol–water partition coefficient (Wildman–Crippen LogP) is 4.73. The summed E-state index contributed by atoms with van der Waals surface area (Å²) in [6.07, 6.45) is 1.86. The Kier molecular flexibility index (Phi) is 13.4. The van der Waals surface area contributed by atoms with Crippen molar-refractivity contribution < 1.29 is 18.3 Å². The van der Waals surface area contributed by atoms with Gasteiger partial charge in [-0.25, -0.2) is 0 Å². The first-order chi connectivity index (χ1) is 15.5. The van der Waals surface area contributed by atoms with Gasteiger partial charge in [0.15, 0.2) is 0 Å². The second kappa shape index (κ2) is 15.1. The van der Waals surface area contributed by atoms with Crippen LogP contribution in [-0.4, -0.2) is 61.6 Å². The van der Waals surface area contributed by atoms with Crippen LogP contribution in [0.5, 0.6) is 5.75 Å². The van der Waals surface area contributed by atoms with Crippen molar-refractivity contribution in [3.05, 3.63) is 65.7 Å². The van der Waals surface area contributed by atoms with Gasteiger partial charge in [-0.05, 0) is 24.1 Å². The Hall–Kier alpha value is -1.93. The molecular weight excluding hydrogens is 483 g/mol. The number of alkyl halides is 2. The summed E-state index contributed by atoms with van der Waals surface area (Å²) in [5.41, 5.74) is 1.14. The number of amides is 1. The maximum absolute atomic E-state index is 14.6. The Morgan fingerprint density at radius 3 is 2.41 bits per heavy atom. The zero-order chi connectivity index (χ0) is 22.8. The van der Waals surface area contributed by atoms with E-state index in [1.807, 2.05) is 25.1 Å². The van der Waals surface area contributed by atoms with E-state index in [4.69, 9.17) is 4.74 Å². The van der Waals surface area contributed by atoms with E-state index < -0.39 is 12.5 Å². The Bertz CT molecular complexity index is 851. The van der Waals surface area contributed by atoms with Crippen LogP contribution in [-0.2, 0) is 17.3 Å². The number of nitrogens with one attached hydrogen (secondary N) is 1. The van der Waals surface area contributed by atoms with Crippen LogP contribution in [0, 0.1) is 0 Å². The molecule has 1 aliphatic heterocycles. The molecule has 3 rings (SSSR count). The van der Waals surface area contributed by atoms with Gasteiger partial charge >= 0.3 is 0 Å². The van der Waals surface area contributed by atoms with Gasteiger partial charge < -0.3 is 15.0 Å². The molecule has 1 heterocycles. The number of benzene rings is 2. The number of piperazine rings is 1. The van der Waals surface area contributed by atoms with E-state index in [1.54, 1.807) is 17.0 Å². The maximum atomic E-state index is 14.6. The molecule has 0 aromatic heterocycles. The molecule has 0 aliphatic carbocycles. The highest BCUT2D eigenvalue weighted by Gasteiger charge is 2.32. The Morgan fingerprint density at radius 1 is 1.03 bits per heavy atom. The molecule has 1 N–H and O–H groups in total. The fourth-order valence-electron chi connectivity index (χ4n) is 3.69. The highest BCUT2D eigenvalue weighted by atomic mass is 35.5. The van der Waals surface area contributed by atoms with E-state index in [0.717, 1.165) is 32.5 Å². The number of rotatable bonds is 11. The van der Waals surface area contributed by atoms with Crippen LogP contribution in [0.15, 0.2) is 54.6 Å². The number of carbonyl (C=O) groups is 1. The van der Waals surface area contributed by atoms with Crippen molar-refractivity contribution in [3.8, 4) is 5.75 Å². The molecule has 9 heteroatoms. The van der Waals surface area contributed by atoms with Gasteiger partial charge in [0, 0.05) is 38.3 Å². The van der Waals surface area contributed by atoms with Gasteiger partial charge in [0.25, 0.3) is 5.92 Å². The van der Waals surface area contributed by atoms with Crippen LogP contribution in [0.2, 0.25) is 0 Å². The highest BCUT2D eigenvalue weighted by Crippen LogP contribution is 2.29. The summed E-state index contributed by atoms with van der Waals surface area (Å²) in [5.74, 6) is -2.78. The summed E-state index contributed by atoms with van der Waals surface area (Å²) in [6, 6.07) is 16.2. The van der Waals surface area contributed by atoms with Crippen LogP contribution in [0.4, 0.5) is 8.78 Å². The van der Waals surface area contributed by atoms with E-state index in [-0.39, 0.29) is 42.8 Å². The van der Waals surface area contributed by atoms with Crippen molar-refractivity contribution >= 4 is 30.7 Å². The molecule has 1 saturated heterocycles. The summed E-state index contributed by atoms with van der Waals surface area (Å²) in [6.45, 7) is 5.51. The van der Waals surface area contributed by atoms with Crippen LogP contribution >= 0.6 is 24.8 Å². The van der Waals surface area contributed by atoms with Crippen LogP contribution in [0.25, 0.3) is 0 Å². The third kappa shape index (κ3) is 9.37. The third-order valence-electron chi connectivity index (χ3n) is 5.62. The van der Waals surface area contributed by atoms with Gasteiger partial charge in [-0.3, -0.25) is 9.69 Å². The molecule has 0 spiro atoms. The molecule has 1 aliphatic rings. The number of carbonyl (C=O) groups excluding carboxylic acids is 1. The first-order valence-electron chi connectivity index (χ1n) is 11.3. The second-order valence-electron chi connectivity index (χ2n) is 8.18. The van der Waals surface area contributed by atoms with Crippen LogP contribution in [0.3, 0.4) is 0 Å². The van der Waals surface area contributed by atoms with Crippen molar-refractivity contribution in [1.29, 1.82) is 0 Å². The van der Waals surface area contributed by atoms with Crippen molar-refractivity contribution in [1.82, 2.24) is 15.1 Å². The lowest BCUT2D eigenvalue weighted by Crippen LogP contribution is -2.51. The van der Waals surface area contributed by atoms with Crippen molar-refractivity contribution in [2.45, 2.75) is 32.2 Å². The number of nitrogens with zero attached hydrogens (tertiary/aromatic N) is 2. The molecule has 5 nitrogen and oxygen atoms in total. The largest absolute Gasteiger partial charge is 0.494 e. The molecule has 34 heavy (non-hydrogen) atoms. The Labute approximate surface area is 213 Å². The van der Waals surface area contributed by atoms with E-state index in [0.29, 0.717) is 25.4 Å². The lowest BCUT2D eigenvalue weighted by atomic mass is 10.1. The molecule has 0 unspecified atom stereocenters. The number of unbranched alkanes of at least 4 members (excludes halogenated alkanes) is 1. The molecule has 190 valence electrons. The number of hydrogen-bond acceptors (Lipinski definition) is 4. The molecule has 0 atom stereocenters. The molecule has 2 aromatic rings. The van der Waals surface area contributed by atoms with Crippen molar-refractivity contribution in [2.75, 3.05) is 45.9 Å². The molecular formula is C25H35Cl2F2N3O2. The van der Waals surface area contributed by atoms with Gasteiger partial charge in [0.1, 0.15) is 5.75 Å². The first kappa shape index (κ1) is 30.1. The quantitative estimate of drug-likeness (QED) is 0.437. The maximum Gasteiger partial charge on any atom is 0.285 e. The zero-order valence-corrected chi connectivity index (χ0v) is 21.2. The summed E-state index contributed by atoms with van der Waals surface area (Å²) >= 11 is 0. The smallest absolute Gasteiger partial charge is 0.285 e. The Morgan fingerprint density at radius 2 is 1.74 bits per heavy atom. The molecule has 2 aromatic carbocycles. The van der Waals surface area contributed by atoms with Crippen LogP contribution in [0.1, 0.15) is 30.9 Å². The predicted molar refractivity (Wildman–Crippen MR) is 136 cm³/mol. The monoisotopic (exact) mass is 517 g/mol. The fourth-order valence-corrected chi connectivity index (χ4v) is 3.69. The van der Waals surface area contributed by atoms with Crippen molar-refractivity contribution in [2.24, 2.45) is 0 Å². The summed E-state index contributed by atoms with van der Waals surface area (Å²) < 4.78 is 34.8. The second-order valence-corrected chi connectivity index (χ2v) is 8.18. The molecule has 1 amide bonds. The SMILES string of the molecule is CCCCOc1cccc(C(F)(F)CNCC(=O)N2CCN(Cc3ccccc3)CC2)c1.Cl.Cl. The first-order valence-corrected chi connectivity index (χ1v) is 11.3. The minimum atomic E-state index is -3.08. The minimum absolute atomic E-state index is 0. The highest BCUT2D eigenvalue weighted by molar-refractivity contribution is 5.85. The van der Waals surface area contributed by atoms with Gasteiger partial charge in [-0.2, -0.15) is 8.78 Å². The normalized spacial score (nSPS) is 14.1. The average molecular weight is 518 g/mol. The van der Waals surface area contributed by atoms with E-state index >= 15 is 0 Å².